The molecule has 0 bridgehead atoms. The van der Waals surface area contributed by atoms with Gasteiger partial charge in [0.05, 0.1) is 11.1 Å². The highest BCUT2D eigenvalue weighted by molar-refractivity contribution is 9.10. The zero-order valence-electron chi connectivity index (χ0n) is 9.16. The van der Waals surface area contributed by atoms with Gasteiger partial charge in [-0.05, 0) is 45.8 Å². The van der Waals surface area contributed by atoms with Gasteiger partial charge in [0.15, 0.2) is 0 Å². The molecular weight excluding hydrogens is 367 g/mol. The van der Waals surface area contributed by atoms with Gasteiger partial charge in [-0.15, -0.1) is 0 Å². The number of hydrogen-bond acceptors (Lipinski definition) is 2. The smallest absolute Gasteiger partial charge is 0.144 e. The third-order valence-electron chi connectivity index (χ3n) is 2.32. The molecule has 0 radical (unpaired) electrons. The van der Waals surface area contributed by atoms with Gasteiger partial charge in [-0.2, -0.15) is 0 Å². The summed E-state index contributed by atoms with van der Waals surface area (Å²) in [6.07, 6.45) is 0. The monoisotopic (exact) mass is 374 g/mol. The molecular formula is C13H9Br2FO2. The zero-order chi connectivity index (χ0) is 13.1. The van der Waals surface area contributed by atoms with E-state index >= 15 is 0 Å². The number of aliphatic hydroxyl groups is 1. The van der Waals surface area contributed by atoms with E-state index in [0.717, 1.165) is 10.0 Å². The van der Waals surface area contributed by atoms with E-state index in [9.17, 15) is 4.39 Å². The van der Waals surface area contributed by atoms with Crippen molar-refractivity contribution in [3.8, 4) is 11.5 Å². The fourth-order valence-electron chi connectivity index (χ4n) is 1.40. The second-order valence-corrected chi connectivity index (χ2v) is 5.30. The van der Waals surface area contributed by atoms with Gasteiger partial charge >= 0.3 is 0 Å². The van der Waals surface area contributed by atoms with Gasteiger partial charge in [0.2, 0.25) is 0 Å². The van der Waals surface area contributed by atoms with Crippen LogP contribution in [-0.2, 0) is 6.61 Å². The molecule has 0 heterocycles. The van der Waals surface area contributed by atoms with E-state index in [1.165, 1.54) is 12.1 Å². The summed E-state index contributed by atoms with van der Waals surface area (Å²) in [5, 5.41) is 9.05. The molecule has 0 aromatic heterocycles. The Labute approximate surface area is 121 Å². The van der Waals surface area contributed by atoms with Crippen LogP contribution < -0.4 is 4.74 Å². The average Bonchev–Trinajstić information content (AvgIpc) is 2.34. The number of benzene rings is 2. The van der Waals surface area contributed by atoms with Crippen molar-refractivity contribution in [2.24, 2.45) is 0 Å². The molecule has 2 rings (SSSR count). The quantitative estimate of drug-likeness (QED) is 0.847. The van der Waals surface area contributed by atoms with Crippen LogP contribution >= 0.6 is 31.9 Å². The standard InChI is InChI=1S/C13H9Br2FO2/c14-11-4-2-9(16)5-13(11)18-10-3-1-8(7-17)12(15)6-10/h1-6,17H,7H2. The molecule has 2 aromatic carbocycles. The molecule has 0 aliphatic heterocycles. The molecule has 94 valence electrons. The van der Waals surface area contributed by atoms with E-state index in [-0.39, 0.29) is 12.4 Å². The summed E-state index contributed by atoms with van der Waals surface area (Å²) >= 11 is 6.62. The first-order valence-electron chi connectivity index (χ1n) is 5.12. The lowest BCUT2D eigenvalue weighted by Crippen LogP contribution is -1.90. The summed E-state index contributed by atoms with van der Waals surface area (Å²) < 4.78 is 20.1. The highest BCUT2D eigenvalue weighted by Crippen LogP contribution is 2.32. The lowest BCUT2D eigenvalue weighted by molar-refractivity contribution is 0.281. The third-order valence-corrected chi connectivity index (χ3v) is 3.71. The first kappa shape index (κ1) is 13.5. The summed E-state index contributed by atoms with van der Waals surface area (Å²) in [6.45, 7) is -0.0511. The van der Waals surface area contributed by atoms with E-state index in [1.807, 2.05) is 0 Å². The normalized spacial score (nSPS) is 10.4. The molecule has 1 N–H and O–H groups in total. The van der Waals surface area contributed by atoms with Gasteiger partial charge in [0.25, 0.3) is 0 Å². The van der Waals surface area contributed by atoms with E-state index in [2.05, 4.69) is 31.9 Å². The number of aliphatic hydroxyl groups excluding tert-OH is 1. The molecule has 5 heteroatoms. The molecule has 0 saturated heterocycles. The summed E-state index contributed by atoms with van der Waals surface area (Å²) in [4.78, 5) is 0. The minimum Gasteiger partial charge on any atom is -0.456 e. The van der Waals surface area contributed by atoms with Gasteiger partial charge in [0, 0.05) is 10.5 Å². The Bertz CT molecular complexity index is 573. The SMILES string of the molecule is OCc1ccc(Oc2cc(F)ccc2Br)cc1Br. The Balaban J connectivity index is 2.28. The molecule has 0 atom stereocenters. The van der Waals surface area contributed by atoms with E-state index in [0.29, 0.717) is 16.0 Å². The molecule has 0 aliphatic carbocycles. The van der Waals surface area contributed by atoms with Crippen molar-refractivity contribution >= 4 is 31.9 Å². The molecule has 2 aromatic rings. The van der Waals surface area contributed by atoms with Gasteiger partial charge in [-0.25, -0.2) is 4.39 Å². The Hall–Kier alpha value is -0.910. The van der Waals surface area contributed by atoms with Crippen molar-refractivity contribution in [3.05, 3.63) is 56.7 Å². The molecule has 2 nitrogen and oxygen atoms in total. The van der Waals surface area contributed by atoms with Crippen LogP contribution in [0.1, 0.15) is 5.56 Å². The molecule has 0 aliphatic rings. The first-order chi connectivity index (χ1) is 8.60. The Morgan fingerprint density at radius 2 is 1.83 bits per heavy atom. The predicted octanol–water partition coefficient (Wildman–Crippen LogP) is 4.64. The summed E-state index contributed by atoms with van der Waals surface area (Å²) in [6, 6.07) is 9.42. The van der Waals surface area contributed by atoms with Gasteiger partial charge < -0.3 is 9.84 Å². The molecule has 0 amide bonds. The zero-order valence-corrected chi connectivity index (χ0v) is 12.3. The fourth-order valence-corrected chi connectivity index (χ4v) is 2.21. The van der Waals surface area contributed by atoms with Crippen LogP contribution in [0.15, 0.2) is 45.3 Å². The Morgan fingerprint density at radius 3 is 2.50 bits per heavy atom. The fraction of sp³-hybridized carbons (Fsp3) is 0.0769. The topological polar surface area (TPSA) is 29.5 Å². The molecule has 0 fully saturated rings. The van der Waals surface area contributed by atoms with Crippen molar-refractivity contribution < 1.29 is 14.2 Å². The molecule has 18 heavy (non-hydrogen) atoms. The average molecular weight is 376 g/mol. The highest BCUT2D eigenvalue weighted by Gasteiger charge is 2.06. The minimum absolute atomic E-state index is 0.0511. The number of halogens is 3. The lowest BCUT2D eigenvalue weighted by atomic mass is 10.2. The van der Waals surface area contributed by atoms with Crippen molar-refractivity contribution in [1.29, 1.82) is 0 Å². The Kier molecular flexibility index (Phi) is 4.37. The maximum atomic E-state index is 13.1. The largest absolute Gasteiger partial charge is 0.456 e. The van der Waals surface area contributed by atoms with Crippen LogP contribution in [0.5, 0.6) is 11.5 Å². The Morgan fingerprint density at radius 1 is 1.06 bits per heavy atom. The van der Waals surface area contributed by atoms with Crippen molar-refractivity contribution in [3.63, 3.8) is 0 Å². The second-order valence-electron chi connectivity index (χ2n) is 3.59. The van der Waals surface area contributed by atoms with Crippen molar-refractivity contribution in [2.75, 3.05) is 0 Å². The highest BCUT2D eigenvalue weighted by atomic mass is 79.9. The van der Waals surface area contributed by atoms with Gasteiger partial charge in [0.1, 0.15) is 17.3 Å². The van der Waals surface area contributed by atoms with Gasteiger partial charge in [-0.1, -0.05) is 22.0 Å². The predicted molar refractivity (Wildman–Crippen MR) is 74.2 cm³/mol. The van der Waals surface area contributed by atoms with Crippen LogP contribution in [-0.4, -0.2) is 5.11 Å². The van der Waals surface area contributed by atoms with Crippen LogP contribution in [0.25, 0.3) is 0 Å². The van der Waals surface area contributed by atoms with Crippen molar-refractivity contribution in [2.45, 2.75) is 6.61 Å². The molecule has 0 unspecified atom stereocenters. The van der Waals surface area contributed by atoms with Crippen LogP contribution in [0.2, 0.25) is 0 Å². The summed E-state index contributed by atoms with van der Waals surface area (Å²) in [7, 11) is 0. The molecule has 0 saturated carbocycles. The van der Waals surface area contributed by atoms with Crippen LogP contribution in [0.4, 0.5) is 4.39 Å². The first-order valence-corrected chi connectivity index (χ1v) is 6.71. The van der Waals surface area contributed by atoms with Crippen molar-refractivity contribution in [1.82, 2.24) is 0 Å². The number of ether oxygens (including phenoxy) is 1. The maximum Gasteiger partial charge on any atom is 0.144 e. The maximum absolute atomic E-state index is 13.1. The number of rotatable bonds is 3. The van der Waals surface area contributed by atoms with Crippen LogP contribution in [0, 0.1) is 5.82 Å². The molecule has 0 spiro atoms. The third kappa shape index (κ3) is 3.10. The lowest BCUT2D eigenvalue weighted by Gasteiger charge is -2.09. The summed E-state index contributed by atoms with van der Waals surface area (Å²) in [5.41, 5.74) is 0.764. The van der Waals surface area contributed by atoms with E-state index in [1.54, 1.807) is 24.3 Å². The summed E-state index contributed by atoms with van der Waals surface area (Å²) in [5.74, 6) is 0.600. The number of hydrogen-bond donors (Lipinski definition) is 1. The van der Waals surface area contributed by atoms with E-state index < -0.39 is 0 Å². The van der Waals surface area contributed by atoms with E-state index in [4.69, 9.17) is 9.84 Å². The van der Waals surface area contributed by atoms with Gasteiger partial charge in [-0.3, -0.25) is 0 Å². The van der Waals surface area contributed by atoms with Crippen LogP contribution in [0.3, 0.4) is 0 Å². The second kappa shape index (κ2) is 5.82. The minimum atomic E-state index is -0.362.